The van der Waals surface area contributed by atoms with E-state index < -0.39 is 9.84 Å². The first-order valence-electron chi connectivity index (χ1n) is 6.63. The van der Waals surface area contributed by atoms with Gasteiger partial charge in [0.15, 0.2) is 15.8 Å². The smallest absolute Gasteiger partial charge is 0.191 e. The van der Waals surface area contributed by atoms with Gasteiger partial charge in [0, 0.05) is 25.9 Å². The number of sulfone groups is 1. The minimum absolute atomic E-state index is 0.148. The molecule has 0 atom stereocenters. The molecule has 0 aromatic carbocycles. The Kier molecular flexibility index (Phi) is 8.79. The van der Waals surface area contributed by atoms with Crippen LogP contribution in [0.2, 0.25) is 0 Å². The average Bonchev–Trinajstić information content (AvgIpc) is 2.37. The number of nitrogens with zero attached hydrogens (tertiary/aromatic N) is 1. The molecule has 0 radical (unpaired) electrons. The summed E-state index contributed by atoms with van der Waals surface area (Å²) >= 11 is 0. The van der Waals surface area contributed by atoms with Crippen LogP contribution in [0.1, 0.15) is 33.6 Å². The summed E-state index contributed by atoms with van der Waals surface area (Å²) in [4.78, 5) is 4.07. The highest BCUT2D eigenvalue weighted by atomic mass is 32.2. The molecule has 2 N–H and O–H groups in total. The topological polar surface area (TPSA) is 70.6 Å². The van der Waals surface area contributed by atoms with Crippen molar-refractivity contribution in [2.24, 2.45) is 10.9 Å². The van der Waals surface area contributed by atoms with Crippen molar-refractivity contribution in [3.8, 4) is 0 Å². The summed E-state index contributed by atoms with van der Waals surface area (Å²) in [6.07, 6.45) is 2.26. The predicted octanol–water partition coefficient (Wildman–Crippen LogP) is 1.02. The predicted molar refractivity (Wildman–Crippen MR) is 77.8 cm³/mol. The van der Waals surface area contributed by atoms with Crippen LogP contribution in [0.5, 0.6) is 0 Å². The number of hydrogen-bond donors (Lipinski definition) is 2. The highest BCUT2D eigenvalue weighted by Crippen LogP contribution is 2.04. The maximum atomic E-state index is 11.3. The van der Waals surface area contributed by atoms with Crippen molar-refractivity contribution in [1.82, 2.24) is 10.6 Å². The summed E-state index contributed by atoms with van der Waals surface area (Å²) in [7, 11) is -1.22. The Labute approximate surface area is 111 Å². The molecular formula is C12H27N3O2S. The van der Waals surface area contributed by atoms with Gasteiger partial charge in [-0.3, -0.25) is 4.99 Å². The molecule has 0 amide bonds. The molecule has 0 bridgehead atoms. The van der Waals surface area contributed by atoms with E-state index in [1.165, 1.54) is 0 Å². The van der Waals surface area contributed by atoms with Gasteiger partial charge < -0.3 is 10.6 Å². The van der Waals surface area contributed by atoms with E-state index >= 15 is 0 Å². The van der Waals surface area contributed by atoms with E-state index in [1.807, 2.05) is 0 Å². The Balaban J connectivity index is 4.00. The second-order valence-electron chi connectivity index (χ2n) is 4.30. The van der Waals surface area contributed by atoms with E-state index in [0.29, 0.717) is 18.4 Å². The standard InChI is InChI=1S/C12H27N3O2S/c1-5-11(6-2)10-15-12(13-4)14-8-9-18(16,17)7-3/h11H,5-10H2,1-4H3,(H2,13,14,15). The van der Waals surface area contributed by atoms with Crippen LogP contribution >= 0.6 is 0 Å². The zero-order chi connectivity index (χ0) is 14.0. The molecule has 0 aliphatic rings. The lowest BCUT2D eigenvalue weighted by Crippen LogP contribution is -2.41. The van der Waals surface area contributed by atoms with Crippen LogP contribution in [0.4, 0.5) is 0 Å². The molecule has 0 unspecified atom stereocenters. The molecule has 6 heteroatoms. The van der Waals surface area contributed by atoms with Crippen LogP contribution < -0.4 is 10.6 Å². The average molecular weight is 277 g/mol. The SMILES string of the molecule is CCC(CC)CNC(=NC)NCCS(=O)(=O)CC. The largest absolute Gasteiger partial charge is 0.356 e. The molecule has 18 heavy (non-hydrogen) atoms. The van der Waals surface area contributed by atoms with Crippen LogP contribution in [0, 0.1) is 5.92 Å². The normalized spacial score (nSPS) is 12.8. The van der Waals surface area contributed by atoms with Crippen LogP contribution in [-0.2, 0) is 9.84 Å². The van der Waals surface area contributed by atoms with E-state index in [9.17, 15) is 8.42 Å². The van der Waals surface area contributed by atoms with Crippen molar-refractivity contribution in [3.05, 3.63) is 0 Å². The molecule has 0 heterocycles. The first-order valence-corrected chi connectivity index (χ1v) is 8.46. The minimum Gasteiger partial charge on any atom is -0.356 e. The third-order valence-electron chi connectivity index (χ3n) is 3.08. The van der Waals surface area contributed by atoms with Gasteiger partial charge in [-0.2, -0.15) is 0 Å². The lowest BCUT2D eigenvalue weighted by Gasteiger charge is -2.16. The van der Waals surface area contributed by atoms with Crippen molar-refractivity contribution in [1.29, 1.82) is 0 Å². The summed E-state index contributed by atoms with van der Waals surface area (Å²) in [6, 6.07) is 0. The molecule has 5 nitrogen and oxygen atoms in total. The fourth-order valence-electron chi connectivity index (χ4n) is 1.51. The Hall–Kier alpha value is -0.780. The van der Waals surface area contributed by atoms with Gasteiger partial charge in [0.2, 0.25) is 0 Å². The van der Waals surface area contributed by atoms with E-state index in [4.69, 9.17) is 0 Å². The summed E-state index contributed by atoms with van der Waals surface area (Å²) in [5.74, 6) is 1.64. The third kappa shape index (κ3) is 7.53. The van der Waals surface area contributed by atoms with Crippen LogP contribution in [0.3, 0.4) is 0 Å². The van der Waals surface area contributed by atoms with Gasteiger partial charge in [0.1, 0.15) is 0 Å². The maximum absolute atomic E-state index is 11.3. The zero-order valence-electron chi connectivity index (χ0n) is 12.0. The third-order valence-corrected chi connectivity index (χ3v) is 4.79. The molecule has 0 saturated carbocycles. The molecule has 0 rings (SSSR count). The lowest BCUT2D eigenvalue weighted by atomic mass is 10.0. The summed E-state index contributed by atoms with van der Waals surface area (Å²) in [5.41, 5.74) is 0. The van der Waals surface area contributed by atoms with Gasteiger partial charge in [0.25, 0.3) is 0 Å². The minimum atomic E-state index is -2.91. The first-order chi connectivity index (χ1) is 8.49. The van der Waals surface area contributed by atoms with Gasteiger partial charge in [0.05, 0.1) is 5.75 Å². The Morgan fingerprint density at radius 1 is 1.17 bits per heavy atom. The second-order valence-corrected chi connectivity index (χ2v) is 6.77. The van der Waals surface area contributed by atoms with Gasteiger partial charge in [-0.15, -0.1) is 0 Å². The highest BCUT2D eigenvalue weighted by molar-refractivity contribution is 7.91. The molecule has 0 fully saturated rings. The monoisotopic (exact) mass is 277 g/mol. The highest BCUT2D eigenvalue weighted by Gasteiger charge is 2.08. The van der Waals surface area contributed by atoms with Crippen LogP contribution in [0.25, 0.3) is 0 Å². The molecular weight excluding hydrogens is 250 g/mol. The summed E-state index contributed by atoms with van der Waals surface area (Å²) in [6.45, 7) is 7.27. The van der Waals surface area contributed by atoms with E-state index in [1.54, 1.807) is 14.0 Å². The number of nitrogens with one attached hydrogen (secondary N) is 2. The number of guanidine groups is 1. The molecule has 108 valence electrons. The summed E-state index contributed by atoms with van der Waals surface area (Å²) < 4.78 is 22.7. The van der Waals surface area contributed by atoms with E-state index in [-0.39, 0.29) is 11.5 Å². The fourth-order valence-corrected chi connectivity index (χ4v) is 2.21. The van der Waals surface area contributed by atoms with Gasteiger partial charge in [-0.05, 0) is 5.92 Å². The van der Waals surface area contributed by atoms with Gasteiger partial charge in [-0.1, -0.05) is 33.6 Å². The Morgan fingerprint density at radius 2 is 1.78 bits per heavy atom. The van der Waals surface area contributed by atoms with Crippen molar-refractivity contribution >= 4 is 15.8 Å². The quantitative estimate of drug-likeness (QED) is 0.513. The second kappa shape index (κ2) is 9.19. The molecule has 0 aliphatic heterocycles. The maximum Gasteiger partial charge on any atom is 0.191 e. The Morgan fingerprint density at radius 3 is 2.22 bits per heavy atom. The molecule has 0 aliphatic carbocycles. The van der Waals surface area contributed by atoms with E-state index in [0.717, 1.165) is 19.4 Å². The first kappa shape index (κ1) is 17.2. The molecule has 0 aromatic rings. The number of aliphatic imine (C=N–C) groups is 1. The molecule has 0 saturated heterocycles. The van der Waals surface area contributed by atoms with Crippen molar-refractivity contribution in [3.63, 3.8) is 0 Å². The van der Waals surface area contributed by atoms with Crippen molar-refractivity contribution in [2.45, 2.75) is 33.6 Å². The number of rotatable bonds is 8. The lowest BCUT2D eigenvalue weighted by molar-refractivity contribution is 0.481. The number of hydrogen-bond acceptors (Lipinski definition) is 3. The van der Waals surface area contributed by atoms with Gasteiger partial charge >= 0.3 is 0 Å². The van der Waals surface area contributed by atoms with Crippen LogP contribution in [-0.4, -0.2) is 46.0 Å². The fraction of sp³-hybridized carbons (Fsp3) is 0.917. The zero-order valence-corrected chi connectivity index (χ0v) is 12.8. The van der Waals surface area contributed by atoms with Crippen molar-refractivity contribution in [2.75, 3.05) is 31.6 Å². The molecule has 0 spiro atoms. The van der Waals surface area contributed by atoms with Crippen molar-refractivity contribution < 1.29 is 8.42 Å². The molecule has 0 aromatic heterocycles. The van der Waals surface area contributed by atoms with Crippen LogP contribution in [0.15, 0.2) is 4.99 Å². The Bertz CT molecular complexity index is 335. The van der Waals surface area contributed by atoms with E-state index in [2.05, 4.69) is 29.5 Å². The van der Waals surface area contributed by atoms with Gasteiger partial charge in [-0.25, -0.2) is 8.42 Å². The summed E-state index contributed by atoms with van der Waals surface area (Å²) in [5, 5.41) is 6.24.